The number of aromatic nitrogens is 3. The van der Waals surface area contributed by atoms with Crippen molar-refractivity contribution in [3.63, 3.8) is 0 Å². The number of anilines is 1. The molecule has 4 aromatic rings. The smallest absolute Gasteiger partial charge is 0.313 e. The summed E-state index contributed by atoms with van der Waals surface area (Å²) >= 11 is 1.50. The van der Waals surface area contributed by atoms with Crippen molar-refractivity contribution in [1.29, 1.82) is 0 Å². The van der Waals surface area contributed by atoms with Crippen molar-refractivity contribution in [2.45, 2.75) is 26.7 Å². The first-order valence-electron chi connectivity index (χ1n) is 10.1. The minimum atomic E-state index is -0.678. The molecule has 0 aliphatic carbocycles. The number of fused-ring (bicyclic) bond motifs is 1. The second kappa shape index (κ2) is 9.09. The number of aryl methyl sites for hydroxylation is 2. The minimum absolute atomic E-state index is 0.326. The number of hydrogen-bond acceptors (Lipinski definition) is 5. The number of nitrogens with zero attached hydrogens (tertiary/aromatic N) is 3. The van der Waals surface area contributed by atoms with E-state index in [-0.39, 0.29) is 0 Å². The van der Waals surface area contributed by atoms with Crippen LogP contribution in [0.3, 0.4) is 0 Å². The summed E-state index contributed by atoms with van der Waals surface area (Å²) in [6, 6.07) is 15.4. The molecule has 0 fully saturated rings. The normalized spacial score (nSPS) is 10.9. The average Bonchev–Trinajstić information content (AvgIpc) is 3.36. The van der Waals surface area contributed by atoms with Gasteiger partial charge in [0, 0.05) is 29.6 Å². The molecule has 8 heteroatoms. The molecular formula is C23H23N5O2S. The van der Waals surface area contributed by atoms with Gasteiger partial charge in [0.05, 0.1) is 5.69 Å². The van der Waals surface area contributed by atoms with Crippen molar-refractivity contribution < 1.29 is 9.59 Å². The molecule has 0 aliphatic heterocycles. The highest BCUT2D eigenvalue weighted by Crippen LogP contribution is 2.23. The van der Waals surface area contributed by atoms with E-state index in [0.29, 0.717) is 24.5 Å². The van der Waals surface area contributed by atoms with Gasteiger partial charge in [0.2, 0.25) is 4.96 Å². The van der Waals surface area contributed by atoms with Gasteiger partial charge in [-0.05, 0) is 36.6 Å². The Morgan fingerprint density at radius 1 is 1.06 bits per heavy atom. The zero-order valence-electron chi connectivity index (χ0n) is 17.4. The first-order chi connectivity index (χ1) is 15.0. The molecule has 0 aliphatic rings. The van der Waals surface area contributed by atoms with Crippen LogP contribution in [0, 0.1) is 6.92 Å². The highest BCUT2D eigenvalue weighted by Gasteiger charge is 2.15. The molecule has 0 bridgehead atoms. The number of rotatable bonds is 6. The Morgan fingerprint density at radius 2 is 1.84 bits per heavy atom. The summed E-state index contributed by atoms with van der Waals surface area (Å²) in [6.45, 7) is 4.42. The summed E-state index contributed by atoms with van der Waals surface area (Å²) in [7, 11) is 0. The molecule has 2 heterocycles. The van der Waals surface area contributed by atoms with E-state index in [9.17, 15) is 9.59 Å². The summed E-state index contributed by atoms with van der Waals surface area (Å²) < 4.78 is 1.80. The lowest BCUT2D eigenvalue weighted by molar-refractivity contribution is -0.136. The standard InChI is InChI=1S/C23H23N5O2S/c1-3-16-8-10-17(11-9-16)25-22(30)21(29)24-13-12-18-14-31-23-26-20(27-28(18)23)19-7-5-4-6-15(19)2/h4-11,14H,3,12-13H2,1-2H3,(H,24,29)(H,25,30). The maximum atomic E-state index is 12.1. The highest BCUT2D eigenvalue weighted by atomic mass is 32.1. The van der Waals surface area contributed by atoms with E-state index in [2.05, 4.69) is 27.6 Å². The second-order valence-electron chi connectivity index (χ2n) is 7.18. The molecule has 2 aromatic carbocycles. The van der Waals surface area contributed by atoms with E-state index < -0.39 is 11.8 Å². The van der Waals surface area contributed by atoms with Crippen molar-refractivity contribution in [2.24, 2.45) is 0 Å². The van der Waals surface area contributed by atoms with Gasteiger partial charge in [0.15, 0.2) is 5.82 Å². The molecule has 0 spiro atoms. The SMILES string of the molecule is CCc1ccc(NC(=O)C(=O)NCCc2csc3nc(-c4ccccc4C)nn23)cc1. The Balaban J connectivity index is 1.35. The summed E-state index contributed by atoms with van der Waals surface area (Å²) in [5.41, 5.74) is 4.82. The third-order valence-corrected chi connectivity index (χ3v) is 5.89. The molecule has 0 atom stereocenters. The molecule has 7 nitrogen and oxygen atoms in total. The van der Waals surface area contributed by atoms with E-state index in [1.807, 2.05) is 48.7 Å². The van der Waals surface area contributed by atoms with Crippen molar-refractivity contribution in [2.75, 3.05) is 11.9 Å². The first kappa shape index (κ1) is 20.7. The van der Waals surface area contributed by atoms with E-state index in [1.54, 1.807) is 16.6 Å². The number of hydrogen-bond donors (Lipinski definition) is 2. The van der Waals surface area contributed by atoms with Crippen molar-refractivity contribution >= 4 is 33.8 Å². The van der Waals surface area contributed by atoms with Crippen LogP contribution in [0.25, 0.3) is 16.3 Å². The van der Waals surface area contributed by atoms with Crippen LogP contribution in [0.1, 0.15) is 23.7 Å². The van der Waals surface area contributed by atoms with Gasteiger partial charge in [0.1, 0.15) is 0 Å². The van der Waals surface area contributed by atoms with Gasteiger partial charge in [0.25, 0.3) is 0 Å². The molecule has 4 rings (SSSR count). The average molecular weight is 434 g/mol. The van der Waals surface area contributed by atoms with Crippen LogP contribution in [0.4, 0.5) is 5.69 Å². The third kappa shape index (κ3) is 4.64. The van der Waals surface area contributed by atoms with Gasteiger partial charge in [-0.1, -0.05) is 43.3 Å². The van der Waals surface area contributed by atoms with Crippen LogP contribution in [0.2, 0.25) is 0 Å². The molecule has 2 N–H and O–H groups in total. The van der Waals surface area contributed by atoms with Crippen LogP contribution < -0.4 is 10.6 Å². The quantitative estimate of drug-likeness (QED) is 0.455. The molecule has 0 saturated heterocycles. The van der Waals surface area contributed by atoms with E-state index in [1.165, 1.54) is 16.9 Å². The Bertz CT molecular complexity index is 1230. The zero-order valence-corrected chi connectivity index (χ0v) is 18.2. The van der Waals surface area contributed by atoms with Gasteiger partial charge in [-0.3, -0.25) is 9.59 Å². The van der Waals surface area contributed by atoms with Crippen LogP contribution in [0.15, 0.2) is 53.9 Å². The predicted molar refractivity (Wildman–Crippen MR) is 122 cm³/mol. The Labute approximate surface area is 184 Å². The number of carbonyl (C=O) groups excluding carboxylic acids is 2. The largest absolute Gasteiger partial charge is 0.347 e. The van der Waals surface area contributed by atoms with Gasteiger partial charge >= 0.3 is 11.8 Å². The van der Waals surface area contributed by atoms with Crippen molar-refractivity contribution in [1.82, 2.24) is 19.9 Å². The fourth-order valence-corrected chi connectivity index (χ4v) is 4.09. The molecule has 0 saturated carbocycles. The Hall–Kier alpha value is -3.52. The fraction of sp³-hybridized carbons (Fsp3) is 0.217. The number of thiazole rings is 1. The number of amides is 2. The van der Waals surface area contributed by atoms with E-state index >= 15 is 0 Å². The number of carbonyl (C=O) groups is 2. The summed E-state index contributed by atoms with van der Waals surface area (Å²) in [5, 5.41) is 11.9. The highest BCUT2D eigenvalue weighted by molar-refractivity contribution is 7.15. The lowest BCUT2D eigenvalue weighted by Crippen LogP contribution is -2.36. The zero-order chi connectivity index (χ0) is 21.8. The number of benzene rings is 2. The third-order valence-electron chi connectivity index (χ3n) is 5.03. The topological polar surface area (TPSA) is 88.4 Å². The van der Waals surface area contributed by atoms with Crippen molar-refractivity contribution in [3.05, 3.63) is 70.7 Å². The van der Waals surface area contributed by atoms with E-state index in [4.69, 9.17) is 0 Å². The van der Waals surface area contributed by atoms with Crippen LogP contribution in [-0.2, 0) is 22.4 Å². The van der Waals surface area contributed by atoms with Gasteiger partial charge in [-0.15, -0.1) is 16.4 Å². The molecule has 0 unspecified atom stereocenters. The lowest BCUT2D eigenvalue weighted by atomic mass is 10.1. The molecule has 2 aromatic heterocycles. The van der Waals surface area contributed by atoms with E-state index in [0.717, 1.165) is 28.2 Å². The first-order valence-corrected chi connectivity index (χ1v) is 11.0. The summed E-state index contributed by atoms with van der Waals surface area (Å²) in [5.74, 6) is -0.656. The minimum Gasteiger partial charge on any atom is -0.347 e. The van der Waals surface area contributed by atoms with Crippen LogP contribution in [-0.4, -0.2) is 33.0 Å². The fourth-order valence-electron chi connectivity index (χ4n) is 3.23. The Kier molecular flexibility index (Phi) is 6.08. The van der Waals surface area contributed by atoms with Gasteiger partial charge in [-0.25, -0.2) is 4.52 Å². The molecule has 158 valence electrons. The number of nitrogens with one attached hydrogen (secondary N) is 2. The monoisotopic (exact) mass is 433 g/mol. The van der Waals surface area contributed by atoms with Crippen molar-refractivity contribution in [3.8, 4) is 11.4 Å². The second-order valence-corrected chi connectivity index (χ2v) is 8.02. The molecule has 31 heavy (non-hydrogen) atoms. The Morgan fingerprint density at radius 3 is 2.58 bits per heavy atom. The van der Waals surface area contributed by atoms with Crippen LogP contribution >= 0.6 is 11.3 Å². The van der Waals surface area contributed by atoms with Crippen LogP contribution in [0.5, 0.6) is 0 Å². The van der Waals surface area contributed by atoms with Gasteiger partial charge in [-0.2, -0.15) is 4.98 Å². The summed E-state index contributed by atoms with van der Waals surface area (Å²) in [4.78, 5) is 29.7. The molecule has 0 radical (unpaired) electrons. The lowest BCUT2D eigenvalue weighted by Gasteiger charge is -2.07. The molecular weight excluding hydrogens is 410 g/mol. The summed E-state index contributed by atoms with van der Waals surface area (Å²) in [6.07, 6.45) is 1.46. The van der Waals surface area contributed by atoms with Gasteiger partial charge < -0.3 is 10.6 Å². The molecule has 2 amide bonds. The maximum Gasteiger partial charge on any atom is 0.313 e. The maximum absolute atomic E-state index is 12.1. The predicted octanol–water partition coefficient (Wildman–Crippen LogP) is 3.63.